The summed E-state index contributed by atoms with van der Waals surface area (Å²) in [6.07, 6.45) is 0.684. The molecule has 1 heterocycles. The minimum Gasteiger partial charge on any atom is -0.465 e. The first-order chi connectivity index (χ1) is 13.4. The zero-order chi connectivity index (χ0) is 20.3. The van der Waals surface area contributed by atoms with Crippen molar-refractivity contribution in [3.05, 3.63) is 68.3 Å². The van der Waals surface area contributed by atoms with Gasteiger partial charge in [0.05, 0.1) is 28.6 Å². The van der Waals surface area contributed by atoms with Crippen LogP contribution in [-0.2, 0) is 4.74 Å². The molecule has 10 nitrogen and oxygen atoms in total. The molecule has 0 spiro atoms. The van der Waals surface area contributed by atoms with Crippen LogP contribution in [0.1, 0.15) is 16.8 Å². The number of hydrogen-bond donors (Lipinski definition) is 1. The molecule has 0 bridgehead atoms. The van der Waals surface area contributed by atoms with E-state index in [0.717, 1.165) is 31.5 Å². The highest BCUT2D eigenvalue weighted by molar-refractivity contribution is 5.99. The van der Waals surface area contributed by atoms with E-state index in [4.69, 9.17) is 0 Å². The van der Waals surface area contributed by atoms with E-state index in [9.17, 15) is 25.0 Å². The second-order valence-electron chi connectivity index (χ2n) is 6.30. The number of carbonyl (C=O) groups excluding carboxylic acids is 1. The number of nitro groups is 2. The van der Waals surface area contributed by atoms with Crippen LogP contribution in [0, 0.1) is 20.2 Å². The van der Waals surface area contributed by atoms with Gasteiger partial charge in [-0.05, 0) is 18.6 Å². The lowest BCUT2D eigenvalue weighted by molar-refractivity contribution is -0.393. The SMILES string of the molecule is COC(=O)c1cc([N+](=O)[O-])cc([N+](=O)[O-])c1NC1CCN(c2ccccc2)C1. The number of ether oxygens (including phenoxy) is 1. The second kappa shape index (κ2) is 7.91. The van der Waals surface area contributed by atoms with E-state index in [1.54, 1.807) is 0 Å². The molecule has 1 atom stereocenters. The Bertz CT molecular complexity index is 918. The van der Waals surface area contributed by atoms with Crippen LogP contribution in [0.25, 0.3) is 0 Å². The van der Waals surface area contributed by atoms with Crippen molar-refractivity contribution in [1.29, 1.82) is 0 Å². The highest BCUT2D eigenvalue weighted by atomic mass is 16.6. The van der Waals surface area contributed by atoms with Gasteiger partial charge in [-0.25, -0.2) is 4.79 Å². The number of anilines is 2. The van der Waals surface area contributed by atoms with Gasteiger partial charge in [-0.15, -0.1) is 0 Å². The molecule has 1 aliphatic rings. The number of rotatable bonds is 6. The number of nitrogens with one attached hydrogen (secondary N) is 1. The van der Waals surface area contributed by atoms with Crippen LogP contribution in [0.2, 0.25) is 0 Å². The summed E-state index contributed by atoms with van der Waals surface area (Å²) in [6.45, 7) is 1.30. The Kier molecular flexibility index (Phi) is 5.39. The quantitative estimate of drug-likeness (QED) is 0.456. The van der Waals surface area contributed by atoms with E-state index in [1.807, 2.05) is 30.3 Å². The highest BCUT2D eigenvalue weighted by Gasteiger charge is 2.31. The van der Waals surface area contributed by atoms with E-state index in [0.29, 0.717) is 13.0 Å². The molecule has 0 aliphatic carbocycles. The Morgan fingerprint density at radius 2 is 1.89 bits per heavy atom. The van der Waals surface area contributed by atoms with Gasteiger partial charge in [0.1, 0.15) is 5.69 Å². The summed E-state index contributed by atoms with van der Waals surface area (Å²) < 4.78 is 4.67. The molecule has 0 saturated carbocycles. The standard InChI is InChI=1S/C18H18N4O6/c1-28-18(23)15-9-14(21(24)25)10-16(22(26)27)17(15)19-12-7-8-20(11-12)13-5-3-2-4-6-13/h2-6,9-10,12,19H,7-8,11H2,1H3. The van der Waals surface area contributed by atoms with E-state index >= 15 is 0 Å². The van der Waals surface area contributed by atoms with Gasteiger partial charge in [-0.2, -0.15) is 0 Å². The van der Waals surface area contributed by atoms with Gasteiger partial charge in [-0.3, -0.25) is 20.2 Å². The first-order valence-electron chi connectivity index (χ1n) is 8.52. The van der Waals surface area contributed by atoms with E-state index in [2.05, 4.69) is 15.0 Å². The topological polar surface area (TPSA) is 128 Å². The minimum absolute atomic E-state index is 0.0673. The number of esters is 1. The molecule has 3 rings (SSSR count). The molecule has 1 unspecified atom stereocenters. The Labute approximate surface area is 160 Å². The molecule has 1 fully saturated rings. The lowest BCUT2D eigenvalue weighted by Crippen LogP contribution is -2.27. The number of methoxy groups -OCH3 is 1. The predicted octanol–water partition coefficient (Wildman–Crippen LogP) is 2.98. The predicted molar refractivity (Wildman–Crippen MR) is 102 cm³/mol. The summed E-state index contributed by atoms with van der Waals surface area (Å²) in [7, 11) is 1.11. The number of nitrogens with zero attached hydrogens (tertiary/aromatic N) is 3. The molecular weight excluding hydrogens is 368 g/mol. The maximum absolute atomic E-state index is 12.1. The zero-order valence-corrected chi connectivity index (χ0v) is 15.0. The summed E-state index contributed by atoms with van der Waals surface area (Å²) in [5.74, 6) is -0.882. The largest absolute Gasteiger partial charge is 0.465 e. The number of para-hydroxylation sites is 1. The molecule has 0 radical (unpaired) electrons. The fourth-order valence-corrected chi connectivity index (χ4v) is 3.24. The fourth-order valence-electron chi connectivity index (χ4n) is 3.24. The van der Waals surface area contributed by atoms with Crippen LogP contribution in [0.15, 0.2) is 42.5 Å². The Morgan fingerprint density at radius 1 is 1.18 bits per heavy atom. The molecule has 1 N–H and O–H groups in total. The molecule has 1 aliphatic heterocycles. The summed E-state index contributed by atoms with van der Waals surface area (Å²) in [4.78, 5) is 35.3. The van der Waals surface area contributed by atoms with Crippen molar-refractivity contribution in [2.24, 2.45) is 0 Å². The van der Waals surface area contributed by atoms with E-state index in [-0.39, 0.29) is 17.3 Å². The van der Waals surface area contributed by atoms with Gasteiger partial charge < -0.3 is 15.0 Å². The van der Waals surface area contributed by atoms with Crippen LogP contribution < -0.4 is 10.2 Å². The Morgan fingerprint density at radius 3 is 2.50 bits per heavy atom. The van der Waals surface area contributed by atoms with Crippen LogP contribution in [0.3, 0.4) is 0 Å². The lowest BCUT2D eigenvalue weighted by Gasteiger charge is -2.20. The van der Waals surface area contributed by atoms with Crippen LogP contribution >= 0.6 is 0 Å². The molecule has 28 heavy (non-hydrogen) atoms. The Hall–Kier alpha value is -3.69. The van der Waals surface area contributed by atoms with Crippen LogP contribution in [0.5, 0.6) is 0 Å². The van der Waals surface area contributed by atoms with Gasteiger partial charge in [-0.1, -0.05) is 18.2 Å². The summed E-state index contributed by atoms with van der Waals surface area (Å²) in [5, 5.41) is 25.6. The molecule has 0 aromatic heterocycles. The number of hydrogen-bond acceptors (Lipinski definition) is 8. The smallest absolute Gasteiger partial charge is 0.340 e. The average molecular weight is 386 g/mol. The third-order valence-corrected chi connectivity index (χ3v) is 4.57. The molecular formula is C18H18N4O6. The third kappa shape index (κ3) is 3.85. The molecule has 10 heteroatoms. The van der Waals surface area contributed by atoms with E-state index in [1.165, 1.54) is 0 Å². The van der Waals surface area contributed by atoms with E-state index < -0.39 is 27.2 Å². The molecule has 2 aromatic rings. The first kappa shape index (κ1) is 19.1. The fraction of sp³-hybridized carbons (Fsp3) is 0.278. The monoisotopic (exact) mass is 386 g/mol. The average Bonchev–Trinajstić information content (AvgIpc) is 3.16. The summed E-state index contributed by atoms with van der Waals surface area (Å²) in [5.41, 5.74) is -0.357. The maximum atomic E-state index is 12.1. The van der Waals surface area contributed by atoms with Crippen LogP contribution in [0.4, 0.5) is 22.7 Å². The first-order valence-corrected chi connectivity index (χ1v) is 8.52. The third-order valence-electron chi connectivity index (χ3n) is 4.57. The maximum Gasteiger partial charge on any atom is 0.340 e. The lowest BCUT2D eigenvalue weighted by atomic mass is 10.1. The van der Waals surface area contributed by atoms with Gasteiger partial charge in [0.15, 0.2) is 0 Å². The molecule has 146 valence electrons. The van der Waals surface area contributed by atoms with Gasteiger partial charge >= 0.3 is 5.97 Å². The minimum atomic E-state index is -0.882. The number of non-ortho nitro benzene ring substituents is 1. The Balaban J connectivity index is 1.93. The number of benzene rings is 2. The highest BCUT2D eigenvalue weighted by Crippen LogP contribution is 2.35. The molecule has 1 saturated heterocycles. The van der Waals surface area contributed by atoms with Crippen molar-refractivity contribution >= 4 is 28.7 Å². The van der Waals surface area contributed by atoms with Crippen molar-refractivity contribution in [1.82, 2.24) is 0 Å². The zero-order valence-electron chi connectivity index (χ0n) is 15.0. The number of nitro benzene ring substituents is 2. The van der Waals surface area contributed by atoms with Crippen molar-refractivity contribution < 1.29 is 19.4 Å². The van der Waals surface area contributed by atoms with Crippen molar-refractivity contribution in [2.45, 2.75) is 12.5 Å². The van der Waals surface area contributed by atoms with Crippen molar-refractivity contribution in [2.75, 3.05) is 30.4 Å². The van der Waals surface area contributed by atoms with Crippen molar-refractivity contribution in [3.63, 3.8) is 0 Å². The molecule has 0 amide bonds. The summed E-state index contributed by atoms with van der Waals surface area (Å²) >= 11 is 0. The van der Waals surface area contributed by atoms with Gasteiger partial charge in [0.25, 0.3) is 11.4 Å². The molecule has 2 aromatic carbocycles. The van der Waals surface area contributed by atoms with Crippen molar-refractivity contribution in [3.8, 4) is 0 Å². The number of carbonyl (C=O) groups is 1. The van der Waals surface area contributed by atoms with Gasteiger partial charge in [0, 0.05) is 30.9 Å². The summed E-state index contributed by atoms with van der Waals surface area (Å²) in [6, 6.07) is 11.4. The van der Waals surface area contributed by atoms with Crippen LogP contribution in [-0.4, -0.2) is 42.1 Å². The van der Waals surface area contributed by atoms with Gasteiger partial charge in [0.2, 0.25) is 0 Å². The normalized spacial score (nSPS) is 15.9. The second-order valence-corrected chi connectivity index (χ2v) is 6.30.